The summed E-state index contributed by atoms with van der Waals surface area (Å²) in [5, 5.41) is 9.92. The van der Waals surface area contributed by atoms with Crippen LogP contribution < -0.4 is 4.74 Å². The maximum atomic E-state index is 13.0. The van der Waals surface area contributed by atoms with Crippen molar-refractivity contribution in [3.05, 3.63) is 102 Å². The molecule has 0 radical (unpaired) electrons. The van der Waals surface area contributed by atoms with Crippen LogP contribution in [-0.4, -0.2) is 74.9 Å². The molecule has 0 saturated carbocycles. The minimum atomic E-state index is 0.0286. The molecular formula is C35H41N5O3S. The van der Waals surface area contributed by atoms with Crippen molar-refractivity contribution >= 4 is 23.6 Å². The number of aryl methyl sites for hydroxylation is 1. The highest BCUT2D eigenvalue weighted by atomic mass is 32.2. The Balaban J connectivity index is 1.09. The Bertz CT molecular complexity index is 1490. The fourth-order valence-electron chi connectivity index (χ4n) is 5.57. The van der Waals surface area contributed by atoms with Crippen molar-refractivity contribution in [2.24, 2.45) is 0 Å². The lowest BCUT2D eigenvalue weighted by Gasteiger charge is -2.40. The van der Waals surface area contributed by atoms with Crippen molar-refractivity contribution in [2.45, 2.75) is 56.6 Å². The van der Waals surface area contributed by atoms with Gasteiger partial charge in [0.15, 0.2) is 5.16 Å². The van der Waals surface area contributed by atoms with Gasteiger partial charge in [0.05, 0.1) is 7.11 Å². The number of ether oxygens (including phenoxy) is 1. The monoisotopic (exact) mass is 611 g/mol. The second kappa shape index (κ2) is 15.6. The minimum absolute atomic E-state index is 0.0286. The molecule has 1 aliphatic heterocycles. The smallest absolute Gasteiger partial charge is 0.223 e. The van der Waals surface area contributed by atoms with E-state index in [1.54, 1.807) is 18.9 Å². The van der Waals surface area contributed by atoms with Gasteiger partial charge in [-0.3, -0.25) is 14.2 Å². The van der Waals surface area contributed by atoms with Gasteiger partial charge < -0.3 is 14.5 Å². The Kier molecular flexibility index (Phi) is 11.1. The van der Waals surface area contributed by atoms with E-state index in [4.69, 9.17) is 4.74 Å². The van der Waals surface area contributed by atoms with Gasteiger partial charge in [-0.05, 0) is 61.6 Å². The Labute approximate surface area is 264 Å². The van der Waals surface area contributed by atoms with Crippen molar-refractivity contribution in [2.75, 3.05) is 32.5 Å². The van der Waals surface area contributed by atoms with Crippen LogP contribution in [0.15, 0.2) is 90.1 Å². The molecule has 1 aliphatic rings. The quantitative estimate of drug-likeness (QED) is 0.140. The number of amides is 2. The molecule has 1 atom stereocenters. The number of aromatic nitrogens is 3. The van der Waals surface area contributed by atoms with E-state index in [0.29, 0.717) is 38.9 Å². The molecule has 0 aliphatic carbocycles. The number of nitrogens with zero attached hydrogens (tertiary/aromatic N) is 5. The first-order valence-corrected chi connectivity index (χ1v) is 16.4. The number of rotatable bonds is 13. The molecule has 8 nitrogen and oxygen atoms in total. The summed E-state index contributed by atoms with van der Waals surface area (Å²) in [4.78, 5) is 29.7. The van der Waals surface area contributed by atoms with Gasteiger partial charge >= 0.3 is 0 Å². The van der Waals surface area contributed by atoms with Crippen molar-refractivity contribution in [3.63, 3.8) is 0 Å². The van der Waals surface area contributed by atoms with Crippen LogP contribution in [0, 0.1) is 0 Å². The third-order valence-electron chi connectivity index (χ3n) is 8.02. The Hall–Kier alpha value is -4.11. The van der Waals surface area contributed by atoms with E-state index in [9.17, 15) is 9.59 Å². The number of hydrogen-bond acceptors (Lipinski definition) is 6. The zero-order valence-corrected chi connectivity index (χ0v) is 26.4. The Morgan fingerprint density at radius 1 is 0.841 bits per heavy atom. The second-order valence-electron chi connectivity index (χ2n) is 11.2. The zero-order chi connectivity index (χ0) is 30.7. The molecule has 1 aromatic heterocycles. The molecule has 5 rings (SSSR count). The number of hydrogen-bond donors (Lipinski definition) is 0. The van der Waals surface area contributed by atoms with Crippen molar-refractivity contribution in [1.29, 1.82) is 0 Å². The number of carbonyl (C=O) groups excluding carboxylic acids is 2. The molecule has 2 amide bonds. The number of unbranched alkanes of at least 4 members (excludes halogenated alkanes) is 1. The van der Waals surface area contributed by atoms with E-state index >= 15 is 0 Å². The van der Waals surface area contributed by atoms with E-state index in [1.807, 2.05) is 77.4 Å². The van der Waals surface area contributed by atoms with E-state index in [-0.39, 0.29) is 17.9 Å². The van der Waals surface area contributed by atoms with Gasteiger partial charge in [0.25, 0.3) is 0 Å². The number of piperazine rings is 1. The standard InChI is InChI=1S/C35H41N5O3S/c1-27-26-38(22-23-39(27)34(42)21-16-28-11-5-3-6-12-28)33(41)15-9-10-24-44-35-37-36-32(25-29-13-7-4-8-14-29)40(35)30-17-19-31(43-2)20-18-30/h3-8,11-14,17-20,27H,9-10,15-16,21-26H2,1-2H3. The van der Waals surface area contributed by atoms with E-state index in [1.165, 1.54) is 11.1 Å². The van der Waals surface area contributed by atoms with Crippen LogP contribution in [0.4, 0.5) is 0 Å². The topological polar surface area (TPSA) is 80.6 Å². The lowest BCUT2D eigenvalue weighted by atomic mass is 10.1. The Morgan fingerprint density at radius 2 is 1.55 bits per heavy atom. The van der Waals surface area contributed by atoms with Crippen LogP contribution in [0.5, 0.6) is 5.75 Å². The summed E-state index contributed by atoms with van der Waals surface area (Å²) < 4.78 is 7.47. The lowest BCUT2D eigenvalue weighted by Crippen LogP contribution is -2.55. The molecule has 0 spiro atoms. The molecule has 4 aromatic rings. The van der Waals surface area contributed by atoms with Crippen molar-refractivity contribution in [1.82, 2.24) is 24.6 Å². The maximum absolute atomic E-state index is 13.0. The third-order valence-corrected chi connectivity index (χ3v) is 9.04. The molecule has 0 N–H and O–H groups in total. The Morgan fingerprint density at radius 3 is 2.23 bits per heavy atom. The predicted octanol–water partition coefficient (Wildman–Crippen LogP) is 5.82. The molecule has 1 unspecified atom stereocenters. The first-order valence-electron chi connectivity index (χ1n) is 15.4. The van der Waals surface area contributed by atoms with Gasteiger partial charge in [0.1, 0.15) is 11.6 Å². The van der Waals surface area contributed by atoms with Crippen LogP contribution in [0.2, 0.25) is 0 Å². The highest BCUT2D eigenvalue weighted by Gasteiger charge is 2.29. The van der Waals surface area contributed by atoms with E-state index in [2.05, 4.69) is 39.0 Å². The van der Waals surface area contributed by atoms with Gasteiger partial charge in [-0.2, -0.15) is 0 Å². The second-order valence-corrected chi connectivity index (χ2v) is 12.2. The lowest BCUT2D eigenvalue weighted by molar-refractivity contribution is -0.142. The number of thioether (sulfide) groups is 1. The largest absolute Gasteiger partial charge is 0.497 e. The average molecular weight is 612 g/mol. The molecule has 0 bridgehead atoms. The zero-order valence-electron chi connectivity index (χ0n) is 25.6. The van der Waals surface area contributed by atoms with Crippen LogP contribution in [0.1, 0.15) is 49.6 Å². The SMILES string of the molecule is COc1ccc(-n2c(Cc3ccccc3)nnc2SCCCCC(=O)N2CCN(C(=O)CCc3ccccc3)C(C)C2)cc1. The van der Waals surface area contributed by atoms with Gasteiger partial charge in [-0.15, -0.1) is 10.2 Å². The number of carbonyl (C=O) groups is 2. The summed E-state index contributed by atoms with van der Waals surface area (Å²) in [5.41, 5.74) is 3.34. The molecule has 230 valence electrons. The third kappa shape index (κ3) is 8.29. The van der Waals surface area contributed by atoms with E-state index in [0.717, 1.165) is 47.4 Å². The summed E-state index contributed by atoms with van der Waals surface area (Å²) in [6.45, 7) is 3.84. The molecule has 9 heteroatoms. The number of methoxy groups -OCH3 is 1. The normalized spacial score (nSPS) is 14.9. The molecular weight excluding hydrogens is 570 g/mol. The fraction of sp³-hybridized carbons (Fsp3) is 0.371. The number of benzene rings is 3. The molecule has 1 saturated heterocycles. The summed E-state index contributed by atoms with van der Waals surface area (Å²) in [5.74, 6) is 2.86. The van der Waals surface area contributed by atoms with Crippen LogP contribution >= 0.6 is 11.8 Å². The first-order chi connectivity index (χ1) is 21.5. The van der Waals surface area contributed by atoms with Crippen molar-refractivity contribution < 1.29 is 14.3 Å². The molecule has 3 aromatic carbocycles. The highest BCUT2D eigenvalue weighted by Crippen LogP contribution is 2.26. The average Bonchev–Trinajstić information content (AvgIpc) is 3.46. The van der Waals surface area contributed by atoms with Gasteiger partial charge in [0.2, 0.25) is 11.8 Å². The molecule has 1 fully saturated rings. The summed E-state index contributed by atoms with van der Waals surface area (Å²) in [6, 6.07) is 28.4. The summed E-state index contributed by atoms with van der Waals surface area (Å²) in [6.07, 6.45) is 4.14. The first kappa shape index (κ1) is 31.3. The van der Waals surface area contributed by atoms with E-state index < -0.39 is 0 Å². The van der Waals surface area contributed by atoms with Crippen molar-refractivity contribution in [3.8, 4) is 11.4 Å². The van der Waals surface area contributed by atoms with Gasteiger partial charge in [0, 0.05) is 56.4 Å². The summed E-state index contributed by atoms with van der Waals surface area (Å²) in [7, 11) is 1.66. The minimum Gasteiger partial charge on any atom is -0.497 e. The van der Waals surface area contributed by atoms with Crippen LogP contribution in [0.25, 0.3) is 5.69 Å². The van der Waals surface area contributed by atoms with Crippen LogP contribution in [-0.2, 0) is 22.4 Å². The molecule has 44 heavy (non-hydrogen) atoms. The molecule has 2 heterocycles. The van der Waals surface area contributed by atoms with Gasteiger partial charge in [-0.1, -0.05) is 72.4 Å². The predicted molar refractivity (Wildman–Crippen MR) is 174 cm³/mol. The van der Waals surface area contributed by atoms with Crippen LogP contribution in [0.3, 0.4) is 0 Å². The highest BCUT2D eigenvalue weighted by molar-refractivity contribution is 7.99. The maximum Gasteiger partial charge on any atom is 0.223 e. The fourth-order valence-corrected chi connectivity index (χ4v) is 6.54. The van der Waals surface area contributed by atoms with Gasteiger partial charge in [-0.25, -0.2) is 0 Å². The summed E-state index contributed by atoms with van der Waals surface area (Å²) >= 11 is 1.67.